The van der Waals surface area contributed by atoms with Crippen molar-refractivity contribution < 1.29 is 17.9 Å². The number of benzene rings is 1. The Morgan fingerprint density at radius 2 is 2.04 bits per heavy atom. The molecule has 25 heavy (non-hydrogen) atoms. The molecule has 130 valence electrons. The second-order valence-corrected chi connectivity index (χ2v) is 5.52. The molecule has 3 rings (SSSR count). The first-order chi connectivity index (χ1) is 11.8. The van der Waals surface area contributed by atoms with Gasteiger partial charge in [-0.25, -0.2) is 22.8 Å². The van der Waals surface area contributed by atoms with Crippen molar-refractivity contribution in [3.05, 3.63) is 46.5 Å². The first-order valence-corrected chi connectivity index (χ1v) is 7.72. The van der Waals surface area contributed by atoms with E-state index in [4.69, 9.17) is 4.55 Å². The zero-order valence-corrected chi connectivity index (χ0v) is 13.3. The van der Waals surface area contributed by atoms with E-state index >= 15 is 0 Å². The minimum absolute atomic E-state index is 0.0101. The molecule has 1 amide bonds. The maximum atomic E-state index is 13.6. The molecule has 0 radical (unpaired) electrons. The molecular formula is C12H10FN7O4S. The van der Waals surface area contributed by atoms with Crippen LogP contribution in [-0.4, -0.2) is 39.0 Å². The van der Waals surface area contributed by atoms with Crippen molar-refractivity contribution in [2.24, 2.45) is 7.05 Å². The van der Waals surface area contributed by atoms with E-state index in [1.54, 1.807) is 0 Å². The van der Waals surface area contributed by atoms with Gasteiger partial charge in [-0.1, -0.05) is 5.21 Å². The average Bonchev–Trinajstić information content (AvgIpc) is 2.94. The van der Waals surface area contributed by atoms with Crippen molar-refractivity contribution in [3.63, 3.8) is 0 Å². The van der Waals surface area contributed by atoms with Gasteiger partial charge in [0.05, 0.1) is 5.69 Å². The van der Waals surface area contributed by atoms with E-state index in [1.807, 2.05) is 0 Å². The zero-order chi connectivity index (χ0) is 18.1. The molecule has 0 aliphatic carbocycles. The third-order valence-corrected chi connectivity index (χ3v) is 3.49. The molecule has 0 saturated heterocycles. The SMILES string of the molecule is Cn1nnc2c(C(=O)Nc3cc(F)cc(NS(=O)O)c3)ncn2c1=O. The van der Waals surface area contributed by atoms with Crippen molar-refractivity contribution in [2.75, 3.05) is 10.0 Å². The van der Waals surface area contributed by atoms with Crippen LogP contribution in [-0.2, 0) is 18.3 Å². The van der Waals surface area contributed by atoms with E-state index in [-0.39, 0.29) is 22.7 Å². The molecule has 0 fully saturated rings. The number of hydrogen-bond acceptors (Lipinski definition) is 6. The van der Waals surface area contributed by atoms with Crippen LogP contribution >= 0.6 is 0 Å². The number of fused-ring (bicyclic) bond motifs is 1. The first-order valence-electron chi connectivity index (χ1n) is 6.61. The monoisotopic (exact) mass is 367 g/mol. The van der Waals surface area contributed by atoms with E-state index in [0.29, 0.717) is 0 Å². The van der Waals surface area contributed by atoms with Crippen LogP contribution in [0.4, 0.5) is 15.8 Å². The highest BCUT2D eigenvalue weighted by molar-refractivity contribution is 7.80. The first kappa shape index (κ1) is 16.7. The molecule has 13 heteroatoms. The Kier molecular flexibility index (Phi) is 4.24. The Labute approximate surface area is 140 Å². The van der Waals surface area contributed by atoms with Gasteiger partial charge in [-0.2, -0.15) is 4.68 Å². The van der Waals surface area contributed by atoms with Crippen LogP contribution in [0.15, 0.2) is 29.3 Å². The summed E-state index contributed by atoms with van der Waals surface area (Å²) in [6, 6.07) is 3.23. The van der Waals surface area contributed by atoms with E-state index < -0.39 is 28.7 Å². The molecule has 1 unspecified atom stereocenters. The molecule has 3 N–H and O–H groups in total. The van der Waals surface area contributed by atoms with Crippen molar-refractivity contribution in [1.82, 2.24) is 24.4 Å². The second kappa shape index (κ2) is 6.37. The van der Waals surface area contributed by atoms with E-state index in [9.17, 15) is 18.2 Å². The van der Waals surface area contributed by atoms with E-state index in [2.05, 4.69) is 25.3 Å². The third-order valence-electron chi connectivity index (χ3n) is 3.07. The number of imidazole rings is 1. The van der Waals surface area contributed by atoms with Crippen molar-refractivity contribution >= 4 is 34.2 Å². The Morgan fingerprint density at radius 3 is 2.76 bits per heavy atom. The molecule has 0 bridgehead atoms. The van der Waals surface area contributed by atoms with Crippen molar-refractivity contribution in [3.8, 4) is 0 Å². The van der Waals surface area contributed by atoms with Crippen LogP contribution in [0.3, 0.4) is 0 Å². The number of aromatic nitrogens is 5. The molecule has 0 aliphatic rings. The van der Waals surface area contributed by atoms with Crippen molar-refractivity contribution in [2.45, 2.75) is 0 Å². The summed E-state index contributed by atoms with van der Waals surface area (Å²) >= 11 is -2.40. The quantitative estimate of drug-likeness (QED) is 0.540. The smallest absolute Gasteiger partial charge is 0.320 e. The van der Waals surface area contributed by atoms with E-state index in [0.717, 1.165) is 27.5 Å². The average molecular weight is 367 g/mol. The maximum Gasteiger partial charge on any atom is 0.352 e. The van der Waals surface area contributed by atoms with Gasteiger partial charge in [0.25, 0.3) is 17.2 Å². The fourth-order valence-electron chi connectivity index (χ4n) is 2.05. The van der Waals surface area contributed by atoms with Gasteiger partial charge in [0.15, 0.2) is 11.3 Å². The van der Waals surface area contributed by atoms with Crippen LogP contribution in [0, 0.1) is 5.82 Å². The molecule has 1 aromatic carbocycles. The molecule has 3 aromatic rings. The molecule has 1 atom stereocenters. The lowest BCUT2D eigenvalue weighted by molar-refractivity contribution is 0.102. The van der Waals surface area contributed by atoms with Gasteiger partial charge < -0.3 is 5.32 Å². The van der Waals surface area contributed by atoms with Gasteiger partial charge in [0, 0.05) is 12.7 Å². The number of hydrogen-bond donors (Lipinski definition) is 3. The van der Waals surface area contributed by atoms with Gasteiger partial charge >= 0.3 is 5.69 Å². The Hall–Kier alpha value is -3.19. The molecule has 11 nitrogen and oxygen atoms in total. The molecule has 0 spiro atoms. The van der Waals surface area contributed by atoms with Crippen LogP contribution < -0.4 is 15.7 Å². The van der Waals surface area contributed by atoms with Crippen LogP contribution in [0.5, 0.6) is 0 Å². The number of nitrogens with one attached hydrogen (secondary N) is 2. The van der Waals surface area contributed by atoms with Crippen LogP contribution in [0.25, 0.3) is 5.65 Å². The predicted molar refractivity (Wildman–Crippen MR) is 84.8 cm³/mol. The number of halogens is 1. The van der Waals surface area contributed by atoms with Gasteiger partial charge in [-0.05, 0) is 18.2 Å². The van der Waals surface area contributed by atoms with Gasteiger partial charge in [0.2, 0.25) is 0 Å². The summed E-state index contributed by atoms with van der Waals surface area (Å²) in [6.07, 6.45) is 1.12. The number of amides is 1. The summed E-state index contributed by atoms with van der Waals surface area (Å²) in [4.78, 5) is 28.0. The number of rotatable bonds is 4. The van der Waals surface area contributed by atoms with E-state index in [1.165, 1.54) is 13.1 Å². The zero-order valence-electron chi connectivity index (χ0n) is 12.5. The topological polar surface area (TPSA) is 144 Å². The number of carbonyl (C=O) groups is 1. The Morgan fingerprint density at radius 1 is 1.32 bits per heavy atom. The lowest BCUT2D eigenvalue weighted by Gasteiger charge is -2.07. The second-order valence-electron chi connectivity index (χ2n) is 4.82. The molecular weight excluding hydrogens is 357 g/mol. The Bertz CT molecular complexity index is 1060. The summed E-state index contributed by atoms with van der Waals surface area (Å²) in [5.41, 5.74) is -0.795. The van der Waals surface area contributed by atoms with Crippen LogP contribution in [0.2, 0.25) is 0 Å². The van der Waals surface area contributed by atoms with Crippen molar-refractivity contribution in [1.29, 1.82) is 0 Å². The maximum absolute atomic E-state index is 13.6. The standard InChI is InChI=1S/C12H10FN7O4S/c1-19-12(22)20-5-14-9(10(20)16-18-19)11(21)15-7-2-6(13)3-8(4-7)17-25(23)24/h2-5,17H,1H3,(H,15,21)(H,23,24). The molecule has 2 aromatic heterocycles. The highest BCUT2D eigenvalue weighted by Gasteiger charge is 2.18. The highest BCUT2D eigenvalue weighted by atomic mass is 32.2. The summed E-state index contributed by atoms with van der Waals surface area (Å²) in [6.45, 7) is 0. The fourth-order valence-corrected chi connectivity index (χ4v) is 2.37. The summed E-state index contributed by atoms with van der Waals surface area (Å²) in [5.74, 6) is -1.50. The summed E-state index contributed by atoms with van der Waals surface area (Å²) < 4.78 is 37.2. The lowest BCUT2D eigenvalue weighted by Crippen LogP contribution is -2.27. The summed E-state index contributed by atoms with van der Waals surface area (Å²) in [5, 5.41) is 9.68. The molecule has 0 saturated carbocycles. The lowest BCUT2D eigenvalue weighted by atomic mass is 10.2. The highest BCUT2D eigenvalue weighted by Crippen LogP contribution is 2.19. The summed E-state index contributed by atoms with van der Waals surface area (Å²) in [7, 11) is 1.39. The number of carbonyl (C=O) groups excluding carboxylic acids is 1. The third kappa shape index (κ3) is 3.36. The van der Waals surface area contributed by atoms with Gasteiger partial charge in [0.1, 0.15) is 12.1 Å². The normalized spacial score (nSPS) is 12.1. The van der Waals surface area contributed by atoms with Gasteiger partial charge in [-0.15, -0.1) is 5.10 Å². The largest absolute Gasteiger partial charge is 0.352 e. The Balaban J connectivity index is 1.93. The minimum Gasteiger partial charge on any atom is -0.320 e. The van der Waals surface area contributed by atoms with Gasteiger partial charge in [-0.3, -0.25) is 14.1 Å². The van der Waals surface area contributed by atoms with Crippen LogP contribution in [0.1, 0.15) is 10.5 Å². The number of anilines is 2. The predicted octanol–water partition coefficient (Wildman–Crippen LogP) is -0.237. The minimum atomic E-state index is -2.40. The number of aryl methyl sites for hydroxylation is 1. The molecule has 2 heterocycles. The fraction of sp³-hybridized carbons (Fsp3) is 0.0833. The number of nitrogens with zero attached hydrogens (tertiary/aromatic N) is 5. The molecule has 0 aliphatic heterocycles.